The quantitative estimate of drug-likeness (QED) is 0.503. The molecule has 1 aliphatic carbocycles. The summed E-state index contributed by atoms with van der Waals surface area (Å²) in [4.78, 5) is 28.6. The Balaban J connectivity index is 1.79. The minimum absolute atomic E-state index is 0.00693. The van der Waals surface area contributed by atoms with Crippen LogP contribution in [-0.4, -0.2) is 49.4 Å². The number of carbonyl (C=O) groups excluding carboxylic acids is 1. The van der Waals surface area contributed by atoms with E-state index in [1.54, 1.807) is 23.7 Å². The Hall–Kier alpha value is -3.62. The highest BCUT2D eigenvalue weighted by Crippen LogP contribution is 2.44. The summed E-state index contributed by atoms with van der Waals surface area (Å²) < 4.78 is 8.60. The minimum atomic E-state index is -0.595. The van der Waals surface area contributed by atoms with Crippen LogP contribution in [0.5, 0.6) is 0 Å². The van der Waals surface area contributed by atoms with Gasteiger partial charge >= 0.3 is 5.76 Å². The zero-order chi connectivity index (χ0) is 23.1. The molecule has 0 radical (unpaired) electrons. The van der Waals surface area contributed by atoms with Gasteiger partial charge in [-0.3, -0.25) is 19.0 Å². The zero-order valence-electron chi connectivity index (χ0n) is 19.2. The molecule has 0 spiro atoms. The maximum Gasteiger partial charge on any atom is 0.439 e. The van der Waals surface area contributed by atoms with Crippen LogP contribution in [0.15, 0.2) is 39.9 Å². The average molecular weight is 449 g/mol. The third-order valence-electron chi connectivity index (χ3n) is 6.60. The fourth-order valence-corrected chi connectivity index (χ4v) is 4.98. The van der Waals surface area contributed by atoms with Crippen LogP contribution in [0.4, 0.5) is 0 Å². The molecule has 0 saturated heterocycles. The molecule has 3 heterocycles. The second kappa shape index (κ2) is 8.38. The number of rotatable bonds is 5. The van der Waals surface area contributed by atoms with Crippen molar-refractivity contribution in [2.75, 3.05) is 14.1 Å². The number of benzene rings is 1. The lowest BCUT2D eigenvalue weighted by Gasteiger charge is -2.23. The van der Waals surface area contributed by atoms with Gasteiger partial charge in [-0.2, -0.15) is 5.10 Å². The molecule has 1 saturated carbocycles. The Kier molecular flexibility index (Phi) is 5.39. The van der Waals surface area contributed by atoms with E-state index < -0.39 is 5.76 Å². The maximum atomic E-state index is 12.9. The molecule has 9 nitrogen and oxygen atoms in total. The zero-order valence-corrected chi connectivity index (χ0v) is 19.2. The first-order valence-electron chi connectivity index (χ1n) is 11.3. The molecule has 172 valence electrons. The number of carbonyl (C=O) groups is 1. The number of fused-ring (bicyclic) bond motifs is 1. The molecule has 3 aromatic heterocycles. The second-order valence-electron chi connectivity index (χ2n) is 9.05. The Morgan fingerprint density at radius 1 is 1.21 bits per heavy atom. The van der Waals surface area contributed by atoms with E-state index in [0.717, 1.165) is 40.6 Å². The predicted molar refractivity (Wildman–Crippen MR) is 125 cm³/mol. The van der Waals surface area contributed by atoms with Crippen LogP contribution >= 0.6 is 0 Å². The van der Waals surface area contributed by atoms with Crippen molar-refractivity contribution < 1.29 is 9.32 Å². The minimum Gasteiger partial charge on any atom is -0.347 e. The van der Waals surface area contributed by atoms with E-state index in [0.29, 0.717) is 11.7 Å². The van der Waals surface area contributed by atoms with Gasteiger partial charge in [-0.15, -0.1) is 0 Å². The molecule has 5 rings (SSSR count). The SMILES string of the molecule is CN(C)C(=O)Cn1c(-c2cnn(C)c2)c(C2CCCCC2)c2ccc(-c3noc(=O)[nH]3)cc21. The third kappa shape index (κ3) is 3.88. The summed E-state index contributed by atoms with van der Waals surface area (Å²) in [5.41, 5.74) is 5.00. The van der Waals surface area contributed by atoms with Crippen LogP contribution in [0.2, 0.25) is 0 Å². The van der Waals surface area contributed by atoms with Gasteiger partial charge in [-0.1, -0.05) is 36.6 Å². The van der Waals surface area contributed by atoms with Gasteiger partial charge < -0.3 is 9.47 Å². The van der Waals surface area contributed by atoms with Crippen molar-refractivity contribution in [3.8, 4) is 22.6 Å². The maximum absolute atomic E-state index is 12.9. The van der Waals surface area contributed by atoms with Crippen molar-refractivity contribution in [3.05, 3.63) is 46.7 Å². The lowest BCUT2D eigenvalue weighted by molar-refractivity contribution is -0.129. The highest BCUT2D eigenvalue weighted by Gasteiger charge is 2.28. The van der Waals surface area contributed by atoms with E-state index in [-0.39, 0.29) is 12.5 Å². The van der Waals surface area contributed by atoms with Crippen LogP contribution < -0.4 is 5.76 Å². The molecule has 33 heavy (non-hydrogen) atoms. The first-order valence-corrected chi connectivity index (χ1v) is 11.3. The van der Waals surface area contributed by atoms with Gasteiger partial charge in [0.15, 0.2) is 5.82 Å². The second-order valence-corrected chi connectivity index (χ2v) is 9.05. The van der Waals surface area contributed by atoms with Gasteiger partial charge in [0.2, 0.25) is 5.91 Å². The lowest BCUT2D eigenvalue weighted by atomic mass is 9.82. The lowest BCUT2D eigenvalue weighted by Crippen LogP contribution is -2.26. The standard InChI is InChI=1S/C24H28N6O3/c1-28(2)20(31)14-30-19-11-16(23-26-24(32)33-27-23)9-10-18(19)21(15-7-5-4-6-8-15)22(30)17-12-25-29(3)13-17/h9-13,15H,4-8,14H2,1-3H3,(H,26,27,32). The molecule has 0 atom stereocenters. The van der Waals surface area contributed by atoms with E-state index in [4.69, 9.17) is 4.52 Å². The van der Waals surface area contributed by atoms with E-state index in [1.807, 2.05) is 31.6 Å². The fraction of sp³-hybridized carbons (Fsp3) is 0.417. The number of hydrogen-bond donors (Lipinski definition) is 1. The number of aromatic amines is 1. The highest BCUT2D eigenvalue weighted by molar-refractivity contribution is 5.96. The normalized spacial score (nSPS) is 14.8. The Labute approximate surface area is 191 Å². The fourth-order valence-electron chi connectivity index (χ4n) is 4.98. The molecule has 1 amide bonds. The smallest absolute Gasteiger partial charge is 0.347 e. The molecular weight excluding hydrogens is 420 g/mol. The highest BCUT2D eigenvalue weighted by atomic mass is 16.5. The molecule has 1 aromatic carbocycles. The number of hydrogen-bond acceptors (Lipinski definition) is 5. The van der Waals surface area contributed by atoms with Gasteiger partial charge in [0.1, 0.15) is 6.54 Å². The van der Waals surface area contributed by atoms with Crippen LogP contribution in [0.3, 0.4) is 0 Å². The van der Waals surface area contributed by atoms with Crippen molar-refractivity contribution in [1.82, 2.24) is 29.4 Å². The summed E-state index contributed by atoms with van der Waals surface area (Å²) in [6.07, 6.45) is 9.82. The number of nitrogens with one attached hydrogen (secondary N) is 1. The third-order valence-corrected chi connectivity index (χ3v) is 6.60. The molecule has 1 N–H and O–H groups in total. The Bertz CT molecular complexity index is 1370. The summed E-state index contributed by atoms with van der Waals surface area (Å²) in [6.45, 7) is 0.208. The van der Waals surface area contributed by atoms with Gasteiger partial charge in [-0.25, -0.2) is 4.79 Å². The number of likely N-dealkylation sites (N-methyl/N-ethyl adjacent to an activating group) is 1. The summed E-state index contributed by atoms with van der Waals surface area (Å²) in [5, 5.41) is 9.40. The molecule has 4 aromatic rings. The molecular formula is C24H28N6O3. The van der Waals surface area contributed by atoms with Crippen LogP contribution in [0.25, 0.3) is 33.5 Å². The van der Waals surface area contributed by atoms with Gasteiger partial charge in [0.05, 0.1) is 17.4 Å². The van der Waals surface area contributed by atoms with Gasteiger partial charge in [0, 0.05) is 43.9 Å². The van der Waals surface area contributed by atoms with Crippen LogP contribution in [0, 0.1) is 0 Å². The van der Waals surface area contributed by atoms with E-state index in [1.165, 1.54) is 24.8 Å². The van der Waals surface area contributed by atoms with E-state index >= 15 is 0 Å². The summed E-state index contributed by atoms with van der Waals surface area (Å²) in [6, 6.07) is 6.02. The van der Waals surface area contributed by atoms with Gasteiger partial charge in [-0.05, 0) is 30.4 Å². The number of aromatic nitrogens is 5. The molecule has 0 bridgehead atoms. The summed E-state index contributed by atoms with van der Waals surface area (Å²) >= 11 is 0. The molecule has 0 unspecified atom stereocenters. The summed E-state index contributed by atoms with van der Waals surface area (Å²) in [7, 11) is 5.44. The van der Waals surface area contributed by atoms with Crippen molar-refractivity contribution in [3.63, 3.8) is 0 Å². The topological polar surface area (TPSA) is 102 Å². The predicted octanol–water partition coefficient (Wildman–Crippen LogP) is 3.52. The summed E-state index contributed by atoms with van der Waals surface area (Å²) in [5.74, 6) is 0.204. The van der Waals surface area contributed by atoms with E-state index in [9.17, 15) is 9.59 Å². The van der Waals surface area contributed by atoms with Crippen molar-refractivity contribution in [2.24, 2.45) is 7.05 Å². The monoisotopic (exact) mass is 448 g/mol. The van der Waals surface area contributed by atoms with Gasteiger partial charge in [0.25, 0.3) is 0 Å². The van der Waals surface area contributed by atoms with Crippen molar-refractivity contribution >= 4 is 16.8 Å². The first kappa shape index (κ1) is 21.2. The molecule has 0 aliphatic heterocycles. The van der Waals surface area contributed by atoms with Crippen molar-refractivity contribution in [1.29, 1.82) is 0 Å². The molecule has 1 fully saturated rings. The number of amides is 1. The Morgan fingerprint density at radius 2 is 2.00 bits per heavy atom. The first-order chi connectivity index (χ1) is 15.9. The number of aryl methyl sites for hydroxylation is 1. The van der Waals surface area contributed by atoms with Crippen molar-refractivity contribution in [2.45, 2.75) is 44.6 Å². The van der Waals surface area contributed by atoms with Crippen LogP contribution in [0.1, 0.15) is 43.6 Å². The van der Waals surface area contributed by atoms with E-state index in [2.05, 4.69) is 25.9 Å². The number of H-pyrrole nitrogens is 1. The molecule has 1 aliphatic rings. The average Bonchev–Trinajstić information content (AvgIpc) is 3.51. The molecule has 9 heteroatoms. The number of nitrogens with zero attached hydrogens (tertiary/aromatic N) is 5. The Morgan fingerprint density at radius 3 is 2.64 bits per heavy atom. The largest absolute Gasteiger partial charge is 0.439 e. The van der Waals surface area contributed by atoms with Crippen LogP contribution in [-0.2, 0) is 18.4 Å².